The molecular formula is C12H15N3OS. The van der Waals surface area contributed by atoms with Crippen LogP contribution < -0.4 is 10.9 Å². The third kappa shape index (κ3) is 2.74. The largest absolute Gasteiger partial charge is 0.375 e. The van der Waals surface area contributed by atoms with Crippen molar-refractivity contribution >= 4 is 17.0 Å². The number of hydrogen-bond donors (Lipinski definition) is 1. The monoisotopic (exact) mass is 249 g/mol. The van der Waals surface area contributed by atoms with Crippen LogP contribution in [0.5, 0.6) is 0 Å². The Balaban J connectivity index is 2.11. The first-order valence-corrected chi connectivity index (χ1v) is 6.43. The molecule has 0 bridgehead atoms. The predicted molar refractivity (Wildman–Crippen MR) is 70.6 cm³/mol. The normalized spacial score (nSPS) is 10.5. The van der Waals surface area contributed by atoms with Crippen molar-refractivity contribution in [2.45, 2.75) is 26.9 Å². The SMILES string of the molecule is CCn1cccc(NCc2csc(C)n2)c1=O. The summed E-state index contributed by atoms with van der Waals surface area (Å²) >= 11 is 1.62. The van der Waals surface area contributed by atoms with Crippen molar-refractivity contribution < 1.29 is 0 Å². The smallest absolute Gasteiger partial charge is 0.273 e. The second-order valence-electron chi connectivity index (χ2n) is 3.72. The molecule has 0 atom stereocenters. The summed E-state index contributed by atoms with van der Waals surface area (Å²) in [6, 6.07) is 3.67. The molecule has 0 aromatic carbocycles. The van der Waals surface area contributed by atoms with Crippen LogP contribution in [-0.2, 0) is 13.1 Å². The second-order valence-corrected chi connectivity index (χ2v) is 4.79. The fourth-order valence-corrected chi connectivity index (χ4v) is 2.21. The van der Waals surface area contributed by atoms with E-state index in [1.165, 1.54) is 0 Å². The quantitative estimate of drug-likeness (QED) is 0.904. The van der Waals surface area contributed by atoms with Gasteiger partial charge in [-0.3, -0.25) is 4.79 Å². The van der Waals surface area contributed by atoms with Gasteiger partial charge in [-0.15, -0.1) is 11.3 Å². The molecule has 90 valence electrons. The lowest BCUT2D eigenvalue weighted by Crippen LogP contribution is -2.21. The van der Waals surface area contributed by atoms with E-state index in [-0.39, 0.29) is 5.56 Å². The maximum Gasteiger partial charge on any atom is 0.273 e. The van der Waals surface area contributed by atoms with E-state index in [2.05, 4.69) is 10.3 Å². The summed E-state index contributed by atoms with van der Waals surface area (Å²) in [4.78, 5) is 16.3. The van der Waals surface area contributed by atoms with E-state index in [1.807, 2.05) is 25.3 Å². The van der Waals surface area contributed by atoms with E-state index in [1.54, 1.807) is 28.2 Å². The molecule has 0 fully saturated rings. The maximum absolute atomic E-state index is 11.9. The molecule has 17 heavy (non-hydrogen) atoms. The first-order chi connectivity index (χ1) is 8.20. The summed E-state index contributed by atoms with van der Waals surface area (Å²) in [5.41, 5.74) is 1.61. The van der Waals surface area contributed by atoms with Crippen molar-refractivity contribution in [1.29, 1.82) is 0 Å². The number of nitrogens with zero attached hydrogens (tertiary/aromatic N) is 2. The Kier molecular flexibility index (Phi) is 3.58. The van der Waals surface area contributed by atoms with E-state index >= 15 is 0 Å². The van der Waals surface area contributed by atoms with E-state index in [4.69, 9.17) is 0 Å². The molecule has 0 saturated carbocycles. The Bertz CT molecular complexity index is 559. The summed E-state index contributed by atoms with van der Waals surface area (Å²) in [5, 5.41) is 6.17. The van der Waals surface area contributed by atoms with Crippen molar-refractivity contribution in [2.75, 3.05) is 5.32 Å². The minimum absolute atomic E-state index is 0.0157. The van der Waals surface area contributed by atoms with E-state index in [0.717, 1.165) is 10.7 Å². The molecule has 2 aromatic heterocycles. The molecule has 5 heteroatoms. The zero-order valence-electron chi connectivity index (χ0n) is 9.93. The number of aryl methyl sites for hydroxylation is 2. The van der Waals surface area contributed by atoms with Gasteiger partial charge in [0.1, 0.15) is 5.69 Å². The van der Waals surface area contributed by atoms with Gasteiger partial charge in [-0.2, -0.15) is 0 Å². The molecule has 0 radical (unpaired) electrons. The zero-order valence-corrected chi connectivity index (χ0v) is 10.8. The Morgan fingerprint density at radius 2 is 2.35 bits per heavy atom. The Morgan fingerprint density at radius 1 is 1.53 bits per heavy atom. The number of hydrogen-bond acceptors (Lipinski definition) is 4. The number of nitrogens with one attached hydrogen (secondary N) is 1. The average Bonchev–Trinajstić information content (AvgIpc) is 2.74. The fraction of sp³-hybridized carbons (Fsp3) is 0.333. The molecule has 0 aliphatic heterocycles. The van der Waals surface area contributed by atoms with E-state index in [0.29, 0.717) is 18.8 Å². The summed E-state index contributed by atoms with van der Waals surface area (Å²) in [6.45, 7) is 5.20. The van der Waals surface area contributed by atoms with Gasteiger partial charge in [0.2, 0.25) is 0 Å². The minimum Gasteiger partial charge on any atom is -0.375 e. The molecule has 2 aromatic rings. The predicted octanol–water partition coefficient (Wildman–Crippen LogP) is 2.25. The highest BCUT2D eigenvalue weighted by Crippen LogP contribution is 2.09. The molecular weight excluding hydrogens is 234 g/mol. The Morgan fingerprint density at radius 3 is 3.00 bits per heavy atom. The lowest BCUT2D eigenvalue weighted by atomic mass is 10.3. The zero-order chi connectivity index (χ0) is 12.3. The van der Waals surface area contributed by atoms with Crippen LogP contribution in [-0.4, -0.2) is 9.55 Å². The topological polar surface area (TPSA) is 46.9 Å². The fourth-order valence-electron chi connectivity index (χ4n) is 1.60. The summed E-state index contributed by atoms with van der Waals surface area (Å²) in [7, 11) is 0. The van der Waals surface area contributed by atoms with Crippen LogP contribution in [0.15, 0.2) is 28.5 Å². The van der Waals surface area contributed by atoms with Gasteiger partial charge in [0.15, 0.2) is 0 Å². The Hall–Kier alpha value is -1.62. The van der Waals surface area contributed by atoms with Gasteiger partial charge in [-0.25, -0.2) is 4.98 Å². The van der Waals surface area contributed by atoms with Crippen molar-refractivity contribution in [3.8, 4) is 0 Å². The highest BCUT2D eigenvalue weighted by molar-refractivity contribution is 7.09. The minimum atomic E-state index is 0.0157. The van der Waals surface area contributed by atoms with Crippen LogP contribution in [0.2, 0.25) is 0 Å². The summed E-state index contributed by atoms with van der Waals surface area (Å²) in [6.07, 6.45) is 1.79. The number of aromatic nitrogens is 2. The third-order valence-electron chi connectivity index (χ3n) is 2.49. The average molecular weight is 249 g/mol. The van der Waals surface area contributed by atoms with Gasteiger partial charge in [0.25, 0.3) is 5.56 Å². The number of rotatable bonds is 4. The third-order valence-corrected chi connectivity index (χ3v) is 3.31. The van der Waals surface area contributed by atoms with Crippen LogP contribution in [0.25, 0.3) is 0 Å². The number of thiazole rings is 1. The first kappa shape index (κ1) is 11.9. The van der Waals surface area contributed by atoms with E-state index < -0.39 is 0 Å². The maximum atomic E-state index is 11.9. The highest BCUT2D eigenvalue weighted by Gasteiger charge is 2.03. The van der Waals surface area contributed by atoms with Gasteiger partial charge in [-0.1, -0.05) is 0 Å². The van der Waals surface area contributed by atoms with Gasteiger partial charge in [-0.05, 0) is 26.0 Å². The van der Waals surface area contributed by atoms with Crippen LogP contribution in [0.4, 0.5) is 5.69 Å². The first-order valence-electron chi connectivity index (χ1n) is 5.55. The number of pyridine rings is 1. The summed E-state index contributed by atoms with van der Waals surface area (Å²) < 4.78 is 1.68. The lowest BCUT2D eigenvalue weighted by Gasteiger charge is -2.06. The van der Waals surface area contributed by atoms with Crippen LogP contribution in [0.3, 0.4) is 0 Å². The number of anilines is 1. The van der Waals surface area contributed by atoms with Crippen LogP contribution in [0.1, 0.15) is 17.6 Å². The standard InChI is InChI=1S/C12H15N3OS/c1-3-15-6-4-5-11(12(15)16)13-7-10-8-17-9(2)14-10/h4-6,8,13H,3,7H2,1-2H3. The molecule has 2 rings (SSSR count). The van der Waals surface area contributed by atoms with E-state index in [9.17, 15) is 4.79 Å². The molecule has 0 saturated heterocycles. The lowest BCUT2D eigenvalue weighted by molar-refractivity contribution is 0.727. The summed E-state index contributed by atoms with van der Waals surface area (Å²) in [5.74, 6) is 0. The van der Waals surface area contributed by atoms with Gasteiger partial charge < -0.3 is 9.88 Å². The van der Waals surface area contributed by atoms with Crippen LogP contribution in [0, 0.1) is 6.92 Å². The molecule has 0 aliphatic carbocycles. The van der Waals surface area contributed by atoms with Crippen molar-refractivity contribution in [3.63, 3.8) is 0 Å². The second kappa shape index (κ2) is 5.14. The molecule has 0 aliphatic rings. The van der Waals surface area contributed by atoms with Gasteiger partial charge in [0, 0.05) is 18.1 Å². The molecule has 1 N–H and O–H groups in total. The molecule has 0 spiro atoms. The molecule has 2 heterocycles. The Labute approximate surface area is 104 Å². The van der Waals surface area contributed by atoms with Crippen molar-refractivity contribution in [1.82, 2.24) is 9.55 Å². The molecule has 4 nitrogen and oxygen atoms in total. The van der Waals surface area contributed by atoms with Crippen molar-refractivity contribution in [2.24, 2.45) is 0 Å². The molecule has 0 amide bonds. The van der Waals surface area contributed by atoms with Crippen molar-refractivity contribution in [3.05, 3.63) is 44.8 Å². The molecule has 0 unspecified atom stereocenters. The highest BCUT2D eigenvalue weighted by atomic mass is 32.1. The van der Waals surface area contributed by atoms with Gasteiger partial charge in [0.05, 0.1) is 17.2 Å². The van der Waals surface area contributed by atoms with Gasteiger partial charge >= 0.3 is 0 Å². The van der Waals surface area contributed by atoms with Crippen LogP contribution >= 0.6 is 11.3 Å².